The van der Waals surface area contributed by atoms with E-state index in [0.29, 0.717) is 12.2 Å². The van der Waals surface area contributed by atoms with Crippen molar-refractivity contribution in [3.63, 3.8) is 0 Å². The second kappa shape index (κ2) is 4.58. The molecule has 0 atom stereocenters. The summed E-state index contributed by atoms with van der Waals surface area (Å²) < 4.78 is 10.4. The topological polar surface area (TPSA) is 39.4 Å². The maximum Gasteiger partial charge on any atom is 0.336 e. The van der Waals surface area contributed by atoms with Gasteiger partial charge in [0.25, 0.3) is 0 Å². The van der Waals surface area contributed by atoms with Crippen molar-refractivity contribution in [2.45, 2.75) is 32.8 Å². The van der Waals surface area contributed by atoms with Gasteiger partial charge >= 0.3 is 5.63 Å². The highest BCUT2D eigenvalue weighted by Gasteiger charge is 2.15. The van der Waals surface area contributed by atoms with Gasteiger partial charge in [0, 0.05) is 18.6 Å². The first-order valence-corrected chi connectivity index (χ1v) is 5.98. The third kappa shape index (κ3) is 2.46. The third-order valence-electron chi connectivity index (χ3n) is 3.00. The Bertz CT molecular complexity index is 618. The van der Waals surface area contributed by atoms with Gasteiger partial charge in [0.15, 0.2) is 0 Å². The van der Waals surface area contributed by atoms with E-state index < -0.39 is 0 Å². The van der Waals surface area contributed by atoms with Gasteiger partial charge in [0.05, 0.1) is 6.61 Å². The van der Waals surface area contributed by atoms with E-state index in [1.54, 1.807) is 7.11 Å². The molecule has 0 amide bonds. The Morgan fingerprint density at radius 2 is 1.94 bits per heavy atom. The number of ether oxygens (including phenoxy) is 1. The summed E-state index contributed by atoms with van der Waals surface area (Å²) >= 11 is 0. The molecule has 0 bridgehead atoms. The van der Waals surface area contributed by atoms with Crippen LogP contribution in [0.3, 0.4) is 0 Å². The Balaban J connectivity index is 2.68. The van der Waals surface area contributed by atoms with Crippen LogP contribution in [0.2, 0.25) is 0 Å². The Kier molecular flexibility index (Phi) is 3.26. The fraction of sp³-hybridized carbons (Fsp3) is 0.400. The summed E-state index contributed by atoms with van der Waals surface area (Å²) in [7, 11) is 1.62. The highest BCUT2D eigenvalue weighted by atomic mass is 16.5. The summed E-state index contributed by atoms with van der Waals surface area (Å²) in [4.78, 5) is 11.5. The molecule has 0 aliphatic rings. The molecule has 2 rings (SSSR count). The lowest BCUT2D eigenvalue weighted by molar-refractivity contribution is 0.185. The van der Waals surface area contributed by atoms with Crippen molar-refractivity contribution in [2.75, 3.05) is 7.11 Å². The molecular formula is C15H18O3. The quantitative estimate of drug-likeness (QED) is 0.764. The van der Waals surface area contributed by atoms with Crippen LogP contribution in [0.5, 0.6) is 0 Å². The van der Waals surface area contributed by atoms with Crippen LogP contribution in [0.1, 0.15) is 31.9 Å². The molecule has 0 N–H and O–H groups in total. The van der Waals surface area contributed by atoms with E-state index >= 15 is 0 Å². The number of methoxy groups -OCH3 is 1. The molecule has 1 aromatic heterocycles. The molecule has 0 fully saturated rings. The predicted molar refractivity (Wildman–Crippen MR) is 71.9 cm³/mol. The molecule has 18 heavy (non-hydrogen) atoms. The second-order valence-corrected chi connectivity index (χ2v) is 5.48. The van der Waals surface area contributed by atoms with Crippen LogP contribution in [0.25, 0.3) is 11.0 Å². The van der Waals surface area contributed by atoms with Crippen molar-refractivity contribution in [1.29, 1.82) is 0 Å². The first-order chi connectivity index (χ1) is 8.41. The minimum Gasteiger partial charge on any atom is -0.423 e. The van der Waals surface area contributed by atoms with Crippen LogP contribution in [0.15, 0.2) is 33.5 Å². The Labute approximate surface area is 106 Å². The zero-order valence-corrected chi connectivity index (χ0v) is 11.2. The summed E-state index contributed by atoms with van der Waals surface area (Å²) in [6.07, 6.45) is 0. The summed E-state index contributed by atoms with van der Waals surface area (Å²) in [5.74, 6) is 0. The third-order valence-corrected chi connectivity index (χ3v) is 3.00. The maximum atomic E-state index is 11.5. The van der Waals surface area contributed by atoms with E-state index in [1.165, 1.54) is 6.07 Å². The summed E-state index contributed by atoms with van der Waals surface area (Å²) in [6.45, 7) is 6.80. The lowest BCUT2D eigenvalue weighted by Crippen LogP contribution is -2.11. The molecule has 0 spiro atoms. The van der Waals surface area contributed by atoms with Crippen molar-refractivity contribution in [1.82, 2.24) is 0 Å². The van der Waals surface area contributed by atoms with E-state index in [-0.39, 0.29) is 11.0 Å². The lowest BCUT2D eigenvalue weighted by atomic mass is 9.86. The first kappa shape index (κ1) is 12.8. The SMILES string of the molecule is COCc1cc(=O)oc2cc(C(C)(C)C)ccc12. The van der Waals surface area contributed by atoms with Gasteiger partial charge in [-0.05, 0) is 22.6 Å². The van der Waals surface area contributed by atoms with Crippen molar-refractivity contribution >= 4 is 11.0 Å². The molecule has 0 saturated heterocycles. The van der Waals surface area contributed by atoms with Crippen LogP contribution < -0.4 is 5.63 Å². The number of rotatable bonds is 2. The van der Waals surface area contributed by atoms with Gasteiger partial charge in [-0.3, -0.25) is 0 Å². The van der Waals surface area contributed by atoms with E-state index in [0.717, 1.165) is 16.5 Å². The zero-order chi connectivity index (χ0) is 13.3. The molecular weight excluding hydrogens is 228 g/mol. The van der Waals surface area contributed by atoms with Crippen molar-refractivity contribution in [3.8, 4) is 0 Å². The van der Waals surface area contributed by atoms with Crippen LogP contribution >= 0.6 is 0 Å². The minimum atomic E-state index is -0.333. The molecule has 1 aromatic carbocycles. The Hall–Kier alpha value is -1.61. The monoisotopic (exact) mass is 246 g/mol. The molecule has 96 valence electrons. The van der Waals surface area contributed by atoms with E-state index in [1.807, 2.05) is 12.1 Å². The standard InChI is InChI=1S/C15H18O3/c1-15(2,3)11-5-6-12-10(9-17-4)7-14(16)18-13(12)8-11/h5-8H,9H2,1-4H3. The van der Waals surface area contributed by atoms with Gasteiger partial charge in [0.1, 0.15) is 5.58 Å². The molecule has 0 saturated carbocycles. The molecule has 3 nitrogen and oxygen atoms in total. The van der Waals surface area contributed by atoms with Crippen LogP contribution in [-0.2, 0) is 16.8 Å². The van der Waals surface area contributed by atoms with Gasteiger partial charge in [-0.15, -0.1) is 0 Å². The van der Waals surface area contributed by atoms with Crippen molar-refractivity contribution in [2.24, 2.45) is 0 Å². The molecule has 0 unspecified atom stereocenters. The number of fused-ring (bicyclic) bond motifs is 1. The lowest BCUT2D eigenvalue weighted by Gasteiger charge is -2.19. The fourth-order valence-corrected chi connectivity index (χ4v) is 1.97. The Morgan fingerprint density at radius 1 is 1.22 bits per heavy atom. The van der Waals surface area contributed by atoms with E-state index in [4.69, 9.17) is 9.15 Å². The largest absolute Gasteiger partial charge is 0.423 e. The predicted octanol–water partition coefficient (Wildman–Crippen LogP) is 3.24. The van der Waals surface area contributed by atoms with E-state index in [9.17, 15) is 4.79 Å². The molecule has 0 aliphatic heterocycles. The number of hydrogen-bond acceptors (Lipinski definition) is 3. The highest BCUT2D eigenvalue weighted by molar-refractivity contribution is 5.81. The van der Waals surface area contributed by atoms with Crippen molar-refractivity contribution < 1.29 is 9.15 Å². The molecule has 3 heteroatoms. The highest BCUT2D eigenvalue weighted by Crippen LogP contribution is 2.27. The van der Waals surface area contributed by atoms with Gasteiger partial charge in [-0.25, -0.2) is 4.79 Å². The van der Waals surface area contributed by atoms with Gasteiger partial charge in [-0.2, -0.15) is 0 Å². The van der Waals surface area contributed by atoms with Crippen molar-refractivity contribution in [3.05, 3.63) is 45.8 Å². The Morgan fingerprint density at radius 3 is 2.56 bits per heavy atom. The zero-order valence-electron chi connectivity index (χ0n) is 11.2. The number of benzene rings is 1. The van der Waals surface area contributed by atoms with Crippen LogP contribution in [-0.4, -0.2) is 7.11 Å². The van der Waals surface area contributed by atoms with Gasteiger partial charge < -0.3 is 9.15 Å². The molecule has 0 radical (unpaired) electrons. The number of hydrogen-bond donors (Lipinski definition) is 0. The van der Waals surface area contributed by atoms with Gasteiger partial charge in [-0.1, -0.05) is 32.9 Å². The minimum absolute atomic E-state index is 0.0318. The fourth-order valence-electron chi connectivity index (χ4n) is 1.97. The summed E-state index contributed by atoms with van der Waals surface area (Å²) in [5, 5.41) is 0.935. The maximum absolute atomic E-state index is 11.5. The average Bonchev–Trinajstić information content (AvgIpc) is 2.27. The smallest absolute Gasteiger partial charge is 0.336 e. The first-order valence-electron chi connectivity index (χ1n) is 5.98. The molecule has 0 aliphatic carbocycles. The summed E-state index contributed by atoms with van der Waals surface area (Å²) in [5.41, 5.74) is 2.34. The second-order valence-electron chi connectivity index (χ2n) is 5.48. The molecule has 1 heterocycles. The normalized spacial score (nSPS) is 12.0. The van der Waals surface area contributed by atoms with E-state index in [2.05, 4.69) is 26.8 Å². The van der Waals surface area contributed by atoms with Gasteiger partial charge in [0.2, 0.25) is 0 Å². The van der Waals surface area contributed by atoms with Crippen LogP contribution in [0.4, 0.5) is 0 Å². The molecule has 2 aromatic rings. The van der Waals surface area contributed by atoms with Crippen LogP contribution in [0, 0.1) is 0 Å². The average molecular weight is 246 g/mol. The summed E-state index contributed by atoms with van der Waals surface area (Å²) in [6, 6.07) is 7.49.